The molecule has 62 heavy (non-hydrogen) atoms. The third-order valence-electron chi connectivity index (χ3n) is 11.0. The van der Waals surface area contributed by atoms with Gasteiger partial charge in [0.15, 0.2) is 0 Å². The maximum Gasteiger partial charge on any atom is 0.338 e. The fourth-order valence-electron chi connectivity index (χ4n) is 7.03. The Morgan fingerprint density at radius 2 is 1.02 bits per heavy atom. The van der Waals surface area contributed by atoms with Crippen molar-refractivity contribution in [3.05, 3.63) is 95.1 Å². The molecule has 2 saturated heterocycles. The number of hydrogen-bond donors (Lipinski definition) is 2. The molecule has 2 aromatic rings. The number of hydrogen-bond acceptors (Lipinski definition) is 8. The SMILES string of the molecule is CCCC#CCC(C)[C@@H](O)/C=C/[C@H]1CCC(=O)N1CCc1ccc(C(=O)OCC)cc1.CCCC#CCC(C)[C@H](O)/C=C/[C@H]1CCC(=O)N1CCc1ccc(C(=O)OCC)cc1. The van der Waals surface area contributed by atoms with Crippen LogP contribution in [-0.4, -0.2) is 94.4 Å². The summed E-state index contributed by atoms with van der Waals surface area (Å²) in [4.78, 5) is 52.0. The lowest BCUT2D eigenvalue weighted by molar-refractivity contribution is -0.129. The second kappa shape index (κ2) is 28.4. The van der Waals surface area contributed by atoms with Crippen LogP contribution in [0.1, 0.15) is 138 Å². The van der Waals surface area contributed by atoms with Crippen LogP contribution in [-0.2, 0) is 31.9 Å². The molecule has 10 nitrogen and oxygen atoms in total. The fraction of sp³-hybridized carbons (Fsp3) is 0.538. The van der Waals surface area contributed by atoms with Gasteiger partial charge in [-0.15, -0.1) is 23.7 Å². The van der Waals surface area contributed by atoms with Crippen LogP contribution in [0.5, 0.6) is 0 Å². The lowest BCUT2D eigenvalue weighted by Crippen LogP contribution is -2.34. The summed E-state index contributed by atoms with van der Waals surface area (Å²) in [5.74, 6) is 12.3. The monoisotopic (exact) mass is 851 g/mol. The highest BCUT2D eigenvalue weighted by molar-refractivity contribution is 5.90. The molecule has 10 heteroatoms. The van der Waals surface area contributed by atoms with Crippen molar-refractivity contribution >= 4 is 23.8 Å². The molecule has 2 aliphatic heterocycles. The molecule has 4 rings (SSSR count). The number of aliphatic hydroxyl groups excluding tert-OH is 2. The van der Waals surface area contributed by atoms with Gasteiger partial charge in [-0.05, 0) is 99.6 Å². The number of rotatable bonds is 20. The third-order valence-corrected chi connectivity index (χ3v) is 11.0. The Balaban J connectivity index is 0.000000330. The van der Waals surface area contributed by atoms with Crippen LogP contribution >= 0.6 is 0 Å². The minimum atomic E-state index is -0.566. The summed E-state index contributed by atoms with van der Waals surface area (Å²) in [5, 5.41) is 20.8. The van der Waals surface area contributed by atoms with E-state index in [1.54, 1.807) is 38.1 Å². The predicted octanol–water partition coefficient (Wildman–Crippen LogP) is 8.29. The summed E-state index contributed by atoms with van der Waals surface area (Å²) in [6.07, 6.45) is 15.7. The van der Waals surface area contributed by atoms with Crippen molar-refractivity contribution in [3.8, 4) is 23.7 Å². The summed E-state index contributed by atoms with van der Waals surface area (Å²) >= 11 is 0. The predicted molar refractivity (Wildman–Crippen MR) is 245 cm³/mol. The fourth-order valence-corrected chi connectivity index (χ4v) is 7.03. The molecule has 2 N–H and O–H groups in total. The number of esters is 2. The smallest absolute Gasteiger partial charge is 0.338 e. The van der Waals surface area contributed by atoms with E-state index in [-0.39, 0.29) is 47.7 Å². The first-order valence-corrected chi connectivity index (χ1v) is 22.7. The highest BCUT2D eigenvalue weighted by Gasteiger charge is 2.30. The number of aliphatic hydroxyl groups is 2. The molecule has 0 radical (unpaired) electrons. The van der Waals surface area contributed by atoms with Crippen molar-refractivity contribution in [2.24, 2.45) is 11.8 Å². The summed E-state index contributed by atoms with van der Waals surface area (Å²) in [6, 6.07) is 14.7. The molecule has 2 fully saturated rings. The Morgan fingerprint density at radius 3 is 1.35 bits per heavy atom. The van der Waals surface area contributed by atoms with Crippen LogP contribution in [0.15, 0.2) is 72.8 Å². The largest absolute Gasteiger partial charge is 0.462 e. The lowest BCUT2D eigenvalue weighted by atomic mass is 9.99. The summed E-state index contributed by atoms with van der Waals surface area (Å²) in [5.41, 5.74) is 3.20. The van der Waals surface area contributed by atoms with Crippen LogP contribution in [0.3, 0.4) is 0 Å². The van der Waals surface area contributed by atoms with Gasteiger partial charge in [0.05, 0.1) is 48.6 Å². The van der Waals surface area contributed by atoms with E-state index >= 15 is 0 Å². The zero-order valence-corrected chi connectivity index (χ0v) is 37.9. The number of benzene rings is 2. The normalized spacial score (nSPS) is 18.0. The van der Waals surface area contributed by atoms with Crippen molar-refractivity contribution in [3.63, 3.8) is 0 Å². The van der Waals surface area contributed by atoms with Gasteiger partial charge in [-0.3, -0.25) is 9.59 Å². The van der Waals surface area contributed by atoms with Gasteiger partial charge < -0.3 is 29.5 Å². The summed E-state index contributed by atoms with van der Waals surface area (Å²) in [7, 11) is 0. The Labute approximate surface area is 371 Å². The van der Waals surface area contributed by atoms with Crippen LogP contribution in [0.25, 0.3) is 0 Å². The van der Waals surface area contributed by atoms with E-state index in [0.717, 1.165) is 49.7 Å². The van der Waals surface area contributed by atoms with E-state index in [2.05, 4.69) is 37.5 Å². The molecule has 2 aromatic carbocycles. The van der Waals surface area contributed by atoms with E-state index in [4.69, 9.17) is 9.47 Å². The first-order chi connectivity index (χ1) is 29.9. The maximum atomic E-state index is 12.4. The van der Waals surface area contributed by atoms with Crippen molar-refractivity contribution in [2.45, 2.75) is 143 Å². The highest BCUT2D eigenvalue weighted by atomic mass is 16.5. The second-order valence-electron chi connectivity index (χ2n) is 16.0. The molecule has 0 aliphatic carbocycles. The van der Waals surface area contributed by atoms with Gasteiger partial charge in [0.25, 0.3) is 0 Å². The molecule has 0 bridgehead atoms. The van der Waals surface area contributed by atoms with Crippen LogP contribution in [0, 0.1) is 35.5 Å². The molecule has 2 unspecified atom stereocenters. The number of carbonyl (C=O) groups is 4. The number of amides is 2. The van der Waals surface area contributed by atoms with E-state index in [0.29, 0.717) is 76.0 Å². The van der Waals surface area contributed by atoms with Crippen LogP contribution in [0.4, 0.5) is 0 Å². The zero-order chi connectivity index (χ0) is 45.3. The standard InChI is InChI=1S/2C26H35NO4/c2*1-4-6-7-8-9-20(3)24(28)16-14-23-15-17-25(29)27(23)19-18-21-10-12-22(13-11-21)26(30)31-5-2/h2*10-14,16,20,23-24,28H,4-6,9,15,17-19H2,1-3H3/b2*16-14+/t20?,23-,24+;20?,23-,24-/m00/s1. The second-order valence-corrected chi connectivity index (χ2v) is 16.0. The van der Waals surface area contributed by atoms with Crippen molar-refractivity contribution in [2.75, 3.05) is 26.3 Å². The third kappa shape index (κ3) is 17.7. The zero-order valence-electron chi connectivity index (χ0n) is 37.9. The van der Waals surface area contributed by atoms with Gasteiger partial charge in [0.1, 0.15) is 0 Å². The minimum absolute atomic E-state index is 0.0133. The molecule has 0 saturated carbocycles. The average Bonchev–Trinajstić information content (AvgIpc) is 3.82. The van der Waals surface area contributed by atoms with E-state index in [9.17, 15) is 29.4 Å². The highest BCUT2D eigenvalue weighted by Crippen LogP contribution is 2.23. The summed E-state index contributed by atoms with van der Waals surface area (Å²) < 4.78 is 10.0. The van der Waals surface area contributed by atoms with Gasteiger partial charge in [0.2, 0.25) is 11.8 Å². The number of likely N-dealkylation sites (tertiary alicyclic amines) is 2. The van der Waals surface area contributed by atoms with Gasteiger partial charge in [0, 0.05) is 51.6 Å². The first kappa shape index (κ1) is 51.2. The van der Waals surface area contributed by atoms with Crippen molar-refractivity contribution in [1.29, 1.82) is 0 Å². The number of carbonyl (C=O) groups excluding carboxylic acids is 4. The molecule has 2 amide bonds. The van der Waals surface area contributed by atoms with Crippen LogP contribution in [0.2, 0.25) is 0 Å². The molecule has 2 heterocycles. The molecule has 2 aliphatic rings. The van der Waals surface area contributed by atoms with Crippen LogP contribution < -0.4 is 0 Å². The van der Waals surface area contributed by atoms with Gasteiger partial charge >= 0.3 is 11.9 Å². The molecule has 0 spiro atoms. The van der Waals surface area contributed by atoms with E-state index in [1.807, 2.05) is 72.2 Å². The molecular weight excluding hydrogens is 781 g/mol. The van der Waals surface area contributed by atoms with E-state index in [1.165, 1.54) is 0 Å². The Hall–Kier alpha value is -5.16. The van der Waals surface area contributed by atoms with E-state index < -0.39 is 12.2 Å². The van der Waals surface area contributed by atoms with Gasteiger partial charge in [-0.2, -0.15) is 0 Å². The molecular formula is C52H70N2O8. The maximum absolute atomic E-state index is 12.4. The minimum Gasteiger partial charge on any atom is -0.462 e. The molecule has 0 aromatic heterocycles. The van der Waals surface area contributed by atoms with Gasteiger partial charge in [-0.25, -0.2) is 9.59 Å². The Bertz CT molecular complexity index is 1740. The summed E-state index contributed by atoms with van der Waals surface area (Å²) in [6.45, 7) is 13.7. The Morgan fingerprint density at radius 1 is 0.645 bits per heavy atom. The average molecular weight is 851 g/mol. The number of nitrogens with zero attached hydrogens (tertiary/aromatic N) is 2. The number of ether oxygens (including phenoxy) is 2. The Kier molecular flexibility index (Phi) is 23.5. The topological polar surface area (TPSA) is 134 Å². The van der Waals surface area contributed by atoms with Gasteiger partial charge in [-0.1, -0.05) is 76.3 Å². The quantitative estimate of drug-likeness (QED) is 0.0773. The lowest BCUT2D eigenvalue weighted by Gasteiger charge is -2.23. The van der Waals surface area contributed by atoms with Crippen molar-refractivity contribution in [1.82, 2.24) is 9.80 Å². The molecule has 336 valence electrons. The number of unbranched alkanes of at least 4 members (excludes halogenated alkanes) is 2. The first-order valence-electron chi connectivity index (χ1n) is 22.7. The van der Waals surface area contributed by atoms with Crippen molar-refractivity contribution < 1.29 is 38.9 Å². The molecule has 6 atom stereocenters.